The van der Waals surface area contributed by atoms with E-state index in [2.05, 4.69) is 13.8 Å². The molecule has 3 atom stereocenters. The number of rotatable bonds is 4. The monoisotopic (exact) mass is 264 g/mol. The van der Waals surface area contributed by atoms with Crippen LogP contribution in [0, 0.1) is 22.5 Å². The first kappa shape index (κ1) is 13.8. The Balaban J connectivity index is 2.15. The van der Waals surface area contributed by atoms with Gasteiger partial charge in [-0.3, -0.25) is 10.1 Å². The third-order valence-electron chi connectivity index (χ3n) is 4.45. The van der Waals surface area contributed by atoms with E-state index in [9.17, 15) is 10.1 Å². The minimum absolute atomic E-state index is 0.00574. The maximum absolute atomic E-state index is 10.7. The molecule has 0 radical (unpaired) electrons. The highest BCUT2D eigenvalue weighted by Gasteiger charge is 2.50. The van der Waals surface area contributed by atoms with Gasteiger partial charge in [0.25, 0.3) is 5.69 Å². The third kappa shape index (κ3) is 2.30. The molecule has 0 bridgehead atoms. The van der Waals surface area contributed by atoms with Crippen LogP contribution in [0.5, 0.6) is 5.75 Å². The van der Waals surface area contributed by atoms with Crippen molar-refractivity contribution >= 4 is 5.69 Å². The highest BCUT2D eigenvalue weighted by molar-refractivity contribution is 5.43. The highest BCUT2D eigenvalue weighted by Crippen LogP contribution is 2.45. The van der Waals surface area contributed by atoms with Crippen molar-refractivity contribution in [2.24, 2.45) is 11.1 Å². The third-order valence-corrected chi connectivity index (χ3v) is 4.45. The Morgan fingerprint density at radius 3 is 2.74 bits per heavy atom. The van der Waals surface area contributed by atoms with Gasteiger partial charge in [-0.1, -0.05) is 13.8 Å². The van der Waals surface area contributed by atoms with E-state index < -0.39 is 4.92 Å². The summed E-state index contributed by atoms with van der Waals surface area (Å²) in [6.45, 7) is 6.06. The van der Waals surface area contributed by atoms with E-state index in [0.717, 1.165) is 18.4 Å². The van der Waals surface area contributed by atoms with Gasteiger partial charge in [0.2, 0.25) is 0 Å². The van der Waals surface area contributed by atoms with Crippen LogP contribution in [-0.4, -0.2) is 17.1 Å². The SMILES string of the molecule is CCC1(C)C(N)CC1Oc1ccc([N+](=O)[O-])cc1C. The Bertz CT molecular complexity index is 503. The summed E-state index contributed by atoms with van der Waals surface area (Å²) in [7, 11) is 0. The molecule has 0 aromatic heterocycles. The van der Waals surface area contributed by atoms with E-state index in [1.165, 1.54) is 12.1 Å². The Kier molecular flexibility index (Phi) is 3.49. The summed E-state index contributed by atoms with van der Waals surface area (Å²) < 4.78 is 5.99. The second kappa shape index (κ2) is 4.81. The highest BCUT2D eigenvalue weighted by atomic mass is 16.6. The molecule has 2 N–H and O–H groups in total. The lowest BCUT2D eigenvalue weighted by Gasteiger charge is -2.51. The fourth-order valence-corrected chi connectivity index (χ4v) is 2.55. The summed E-state index contributed by atoms with van der Waals surface area (Å²) in [4.78, 5) is 10.3. The molecule has 1 saturated carbocycles. The van der Waals surface area contributed by atoms with Gasteiger partial charge in [-0.25, -0.2) is 0 Å². The number of hydrogen-bond donors (Lipinski definition) is 1. The summed E-state index contributed by atoms with van der Waals surface area (Å²) in [5.41, 5.74) is 6.91. The second-order valence-corrected chi connectivity index (χ2v) is 5.51. The first-order valence-electron chi connectivity index (χ1n) is 6.55. The van der Waals surface area contributed by atoms with Gasteiger partial charge in [-0.05, 0) is 25.0 Å². The predicted octanol–water partition coefficient (Wildman–Crippen LogP) is 2.80. The Hall–Kier alpha value is -1.62. The Morgan fingerprint density at radius 1 is 1.58 bits per heavy atom. The molecular weight excluding hydrogens is 244 g/mol. The summed E-state index contributed by atoms with van der Waals surface area (Å²) in [6, 6.07) is 4.86. The van der Waals surface area contributed by atoms with Crippen LogP contribution in [0.2, 0.25) is 0 Å². The van der Waals surface area contributed by atoms with Gasteiger partial charge in [-0.15, -0.1) is 0 Å². The number of nitrogens with two attached hydrogens (primary N) is 1. The molecule has 104 valence electrons. The number of aryl methyl sites for hydroxylation is 1. The molecule has 0 heterocycles. The molecule has 3 unspecified atom stereocenters. The number of nitro benzene ring substituents is 1. The maximum atomic E-state index is 10.7. The van der Waals surface area contributed by atoms with Gasteiger partial charge in [-0.2, -0.15) is 0 Å². The summed E-state index contributed by atoms with van der Waals surface area (Å²) >= 11 is 0. The molecule has 2 rings (SSSR count). The first-order chi connectivity index (χ1) is 8.88. The molecule has 1 aromatic carbocycles. The number of nitro groups is 1. The molecule has 0 spiro atoms. The molecule has 1 aliphatic rings. The number of nitrogens with zero attached hydrogens (tertiary/aromatic N) is 1. The molecule has 0 saturated heterocycles. The fourth-order valence-electron chi connectivity index (χ4n) is 2.55. The topological polar surface area (TPSA) is 78.4 Å². The predicted molar refractivity (Wildman–Crippen MR) is 73.2 cm³/mol. The van der Waals surface area contributed by atoms with Crippen LogP contribution in [-0.2, 0) is 0 Å². The molecule has 1 fully saturated rings. The largest absolute Gasteiger partial charge is 0.489 e. The lowest BCUT2D eigenvalue weighted by Crippen LogP contribution is -2.61. The second-order valence-electron chi connectivity index (χ2n) is 5.51. The molecule has 5 nitrogen and oxygen atoms in total. The van der Waals surface area contributed by atoms with Gasteiger partial charge in [0.15, 0.2) is 0 Å². The number of hydrogen-bond acceptors (Lipinski definition) is 4. The fraction of sp³-hybridized carbons (Fsp3) is 0.571. The molecule has 0 amide bonds. The van der Waals surface area contributed by atoms with E-state index in [4.69, 9.17) is 10.5 Å². The Morgan fingerprint density at radius 2 is 2.26 bits per heavy atom. The molecule has 5 heteroatoms. The van der Waals surface area contributed by atoms with Gasteiger partial charge >= 0.3 is 0 Å². The lowest BCUT2D eigenvalue weighted by atomic mass is 9.62. The summed E-state index contributed by atoms with van der Waals surface area (Å²) in [5.74, 6) is 0.710. The maximum Gasteiger partial charge on any atom is 0.269 e. The van der Waals surface area contributed by atoms with Crippen molar-refractivity contribution in [2.45, 2.75) is 45.8 Å². The number of non-ortho nitro benzene ring substituents is 1. The molecule has 1 aromatic rings. The zero-order valence-corrected chi connectivity index (χ0v) is 11.6. The molecule has 0 aliphatic heterocycles. The lowest BCUT2D eigenvalue weighted by molar-refractivity contribution is -0.384. The quantitative estimate of drug-likeness (QED) is 0.670. The smallest absolute Gasteiger partial charge is 0.269 e. The van der Waals surface area contributed by atoms with Gasteiger partial charge in [0.05, 0.1) is 4.92 Å². The standard InChI is InChI=1S/C14H20N2O3/c1-4-14(3)12(15)8-13(14)19-11-6-5-10(16(17)18)7-9(11)2/h5-7,12-13H,4,8,15H2,1-3H3. The average Bonchev–Trinajstić information content (AvgIpc) is 2.38. The van der Waals surface area contributed by atoms with Crippen molar-refractivity contribution in [1.82, 2.24) is 0 Å². The Labute approximate surface area is 112 Å². The van der Waals surface area contributed by atoms with Crippen LogP contribution < -0.4 is 10.5 Å². The first-order valence-corrected chi connectivity index (χ1v) is 6.55. The zero-order valence-electron chi connectivity index (χ0n) is 11.6. The van der Waals surface area contributed by atoms with Crippen molar-refractivity contribution in [1.29, 1.82) is 0 Å². The van der Waals surface area contributed by atoms with Crippen molar-refractivity contribution in [3.05, 3.63) is 33.9 Å². The van der Waals surface area contributed by atoms with Crippen LogP contribution in [0.1, 0.15) is 32.3 Å². The van der Waals surface area contributed by atoms with E-state index in [0.29, 0.717) is 5.75 Å². The van der Waals surface area contributed by atoms with Crippen LogP contribution >= 0.6 is 0 Å². The van der Waals surface area contributed by atoms with Gasteiger partial charge in [0, 0.05) is 30.0 Å². The van der Waals surface area contributed by atoms with Crippen LogP contribution in [0.25, 0.3) is 0 Å². The molecule has 1 aliphatic carbocycles. The van der Waals surface area contributed by atoms with Crippen LogP contribution in [0.3, 0.4) is 0 Å². The van der Waals surface area contributed by atoms with E-state index >= 15 is 0 Å². The number of benzene rings is 1. The summed E-state index contributed by atoms with van der Waals surface area (Å²) in [5, 5.41) is 10.7. The summed E-state index contributed by atoms with van der Waals surface area (Å²) in [6.07, 6.45) is 1.89. The average molecular weight is 264 g/mol. The van der Waals surface area contributed by atoms with E-state index in [1.807, 2.05) is 6.92 Å². The van der Waals surface area contributed by atoms with E-state index in [-0.39, 0.29) is 23.2 Å². The molecule has 19 heavy (non-hydrogen) atoms. The van der Waals surface area contributed by atoms with E-state index in [1.54, 1.807) is 6.07 Å². The van der Waals surface area contributed by atoms with Crippen molar-refractivity contribution < 1.29 is 9.66 Å². The van der Waals surface area contributed by atoms with Crippen LogP contribution in [0.4, 0.5) is 5.69 Å². The van der Waals surface area contributed by atoms with Gasteiger partial charge in [0.1, 0.15) is 11.9 Å². The van der Waals surface area contributed by atoms with Crippen molar-refractivity contribution in [3.63, 3.8) is 0 Å². The van der Waals surface area contributed by atoms with Crippen molar-refractivity contribution in [2.75, 3.05) is 0 Å². The minimum Gasteiger partial charge on any atom is -0.489 e. The minimum atomic E-state index is -0.397. The molecular formula is C14H20N2O3. The number of ether oxygens (including phenoxy) is 1. The normalized spacial score (nSPS) is 29.7. The van der Waals surface area contributed by atoms with Crippen LogP contribution in [0.15, 0.2) is 18.2 Å². The van der Waals surface area contributed by atoms with Crippen molar-refractivity contribution in [3.8, 4) is 5.75 Å². The zero-order chi connectivity index (χ0) is 14.2. The van der Waals surface area contributed by atoms with Gasteiger partial charge < -0.3 is 10.5 Å².